The third kappa shape index (κ3) is 6.81. The Morgan fingerprint density at radius 1 is 1.07 bits per heavy atom. The Balaban J connectivity index is 1.08. The van der Waals surface area contributed by atoms with Crippen LogP contribution in [-0.2, 0) is 11.8 Å². The Morgan fingerprint density at radius 2 is 1.82 bits per heavy atom. The van der Waals surface area contributed by atoms with Gasteiger partial charge in [-0.05, 0) is 26.2 Å². The van der Waals surface area contributed by atoms with E-state index in [2.05, 4.69) is 65.0 Å². The topological polar surface area (TPSA) is 104 Å². The Morgan fingerprint density at radius 3 is 2.57 bits per heavy atom. The third-order valence-electron chi connectivity index (χ3n) is 8.30. The summed E-state index contributed by atoms with van der Waals surface area (Å²) in [7, 11) is 6.02. The van der Waals surface area contributed by atoms with E-state index in [9.17, 15) is 9.59 Å². The molecule has 2 aromatic carbocycles. The van der Waals surface area contributed by atoms with Crippen LogP contribution < -0.4 is 16.0 Å². The molecular weight excluding hydrogens is 665 g/mol. The summed E-state index contributed by atoms with van der Waals surface area (Å²) in [5.41, 5.74) is 6.01. The second-order valence-electron chi connectivity index (χ2n) is 11.8. The van der Waals surface area contributed by atoms with Crippen LogP contribution >= 0.6 is 19.8 Å². The number of benzene rings is 2. The summed E-state index contributed by atoms with van der Waals surface area (Å²) in [6.45, 7) is 2.88. The van der Waals surface area contributed by atoms with Crippen LogP contribution in [0.3, 0.4) is 0 Å². The number of fused-ring (bicyclic) bond motifs is 1. The molecule has 2 unspecified atom stereocenters. The molecule has 3 heterocycles. The van der Waals surface area contributed by atoms with Crippen LogP contribution in [0.4, 0.5) is 11.6 Å². The van der Waals surface area contributed by atoms with Crippen molar-refractivity contribution in [2.75, 3.05) is 40.1 Å². The Bertz CT molecular complexity index is 1710. The Hall–Kier alpha value is -3.77. The van der Waals surface area contributed by atoms with Crippen molar-refractivity contribution in [1.82, 2.24) is 24.8 Å². The summed E-state index contributed by atoms with van der Waals surface area (Å²) in [5.74, 6) is 0.366. The van der Waals surface area contributed by atoms with Gasteiger partial charge in [0.05, 0.1) is 0 Å². The number of nitrogens with one attached hydrogen (secondary N) is 3. The van der Waals surface area contributed by atoms with Gasteiger partial charge in [0.2, 0.25) is 5.91 Å². The number of nitrogens with zero attached hydrogens (tertiary/aromatic N) is 4. The van der Waals surface area contributed by atoms with Crippen LogP contribution in [0.15, 0.2) is 66.9 Å². The second kappa shape index (κ2) is 13.1. The van der Waals surface area contributed by atoms with E-state index >= 15 is 0 Å². The van der Waals surface area contributed by atoms with Crippen molar-refractivity contribution in [1.29, 1.82) is 0 Å². The molecule has 9 nitrogen and oxygen atoms in total. The number of carbonyl (C=O) groups is 2. The molecular formula is C34H40IN7O2. The Kier molecular flexibility index (Phi) is 8.99. The van der Waals surface area contributed by atoms with Gasteiger partial charge >= 0.3 is 195 Å². The fraction of sp³-hybridized carbons (Fsp3) is 0.353. The molecule has 2 atom stereocenters. The van der Waals surface area contributed by atoms with Gasteiger partial charge in [0.15, 0.2) is 0 Å². The van der Waals surface area contributed by atoms with E-state index < -0.39 is 19.8 Å². The van der Waals surface area contributed by atoms with E-state index in [4.69, 9.17) is 9.97 Å². The van der Waals surface area contributed by atoms with Gasteiger partial charge in [-0.3, -0.25) is 4.79 Å². The molecule has 0 radical (unpaired) electrons. The zero-order valence-electron chi connectivity index (χ0n) is 25.7. The number of amides is 2. The first-order chi connectivity index (χ1) is 21.3. The molecule has 2 aromatic heterocycles. The minimum absolute atomic E-state index is 0.0695. The van der Waals surface area contributed by atoms with Gasteiger partial charge in [0.25, 0.3) is 0 Å². The molecule has 1 aliphatic carbocycles. The SMILES string of the molecule is Cc1c(-c2nc(NC3CCC(NC(=O)c4ccc(NC(=O)/C=C/CN(C)C)cc4)C3)ncc2I2CC2)c2ccccc2n1C. The van der Waals surface area contributed by atoms with Crippen LogP contribution in [0.1, 0.15) is 35.3 Å². The van der Waals surface area contributed by atoms with Crippen molar-refractivity contribution in [2.24, 2.45) is 7.05 Å². The van der Waals surface area contributed by atoms with Crippen molar-refractivity contribution >= 4 is 54.2 Å². The summed E-state index contributed by atoms with van der Waals surface area (Å²) in [4.78, 5) is 37.0. The van der Waals surface area contributed by atoms with Crippen molar-refractivity contribution in [3.05, 3.63) is 81.7 Å². The van der Waals surface area contributed by atoms with Crippen LogP contribution in [0, 0.1) is 10.5 Å². The minimum atomic E-state index is -1.14. The molecule has 230 valence electrons. The van der Waals surface area contributed by atoms with E-state index in [-0.39, 0.29) is 23.9 Å². The first-order valence-corrected chi connectivity index (χ1v) is 19.2. The van der Waals surface area contributed by atoms with Crippen LogP contribution in [0.2, 0.25) is 0 Å². The predicted molar refractivity (Wildman–Crippen MR) is 186 cm³/mol. The maximum atomic E-state index is 13.0. The Labute approximate surface area is 265 Å². The number of carbonyl (C=O) groups excluding carboxylic acids is 2. The van der Waals surface area contributed by atoms with Gasteiger partial charge < -0.3 is 10.2 Å². The number of para-hydroxylation sites is 1. The number of hydrogen-bond donors (Lipinski definition) is 3. The molecule has 0 bridgehead atoms. The van der Waals surface area contributed by atoms with E-state index in [1.165, 1.54) is 40.7 Å². The summed E-state index contributed by atoms with van der Waals surface area (Å²) in [5, 5.41) is 10.9. The summed E-state index contributed by atoms with van der Waals surface area (Å²) >= 11 is -1.14. The van der Waals surface area contributed by atoms with Crippen molar-refractivity contribution in [3.63, 3.8) is 0 Å². The molecule has 1 saturated carbocycles. The number of aryl methyl sites for hydroxylation is 1. The summed E-state index contributed by atoms with van der Waals surface area (Å²) < 4.78 is 6.33. The molecule has 1 saturated heterocycles. The number of rotatable bonds is 10. The number of alkyl halides is 2. The van der Waals surface area contributed by atoms with Gasteiger partial charge in [-0.25, -0.2) is 0 Å². The van der Waals surface area contributed by atoms with Crippen molar-refractivity contribution < 1.29 is 9.59 Å². The zero-order chi connectivity index (χ0) is 30.8. The van der Waals surface area contributed by atoms with E-state index in [1.807, 2.05) is 25.1 Å². The van der Waals surface area contributed by atoms with Crippen LogP contribution in [-0.4, -0.2) is 72.8 Å². The number of halogens is 1. The van der Waals surface area contributed by atoms with Gasteiger partial charge in [0.1, 0.15) is 0 Å². The van der Waals surface area contributed by atoms with Gasteiger partial charge in [-0.1, -0.05) is 6.08 Å². The average Bonchev–Trinajstić information content (AvgIpc) is 3.71. The molecule has 0 spiro atoms. The number of anilines is 2. The van der Waals surface area contributed by atoms with Crippen molar-refractivity contribution in [2.45, 2.75) is 38.3 Å². The molecule has 4 aromatic rings. The molecule has 10 heteroatoms. The van der Waals surface area contributed by atoms with E-state index in [1.54, 1.807) is 24.3 Å². The maximum absolute atomic E-state index is 13.0. The monoisotopic (exact) mass is 705 g/mol. The molecule has 2 amide bonds. The van der Waals surface area contributed by atoms with Gasteiger partial charge in [-0.15, -0.1) is 0 Å². The van der Waals surface area contributed by atoms with Gasteiger partial charge in [-0.2, -0.15) is 0 Å². The van der Waals surface area contributed by atoms with Crippen molar-refractivity contribution in [3.8, 4) is 11.3 Å². The fourth-order valence-corrected chi connectivity index (χ4v) is 10.2. The molecule has 6 rings (SSSR count). The molecule has 2 aliphatic rings. The van der Waals surface area contributed by atoms with Crippen LogP contribution in [0.5, 0.6) is 0 Å². The van der Waals surface area contributed by atoms with E-state index in [0.717, 1.165) is 25.0 Å². The molecule has 2 fully saturated rings. The number of aromatic nitrogens is 3. The first-order valence-electron chi connectivity index (χ1n) is 15.1. The third-order valence-corrected chi connectivity index (χ3v) is 12.9. The summed E-state index contributed by atoms with van der Waals surface area (Å²) in [6.07, 6.45) is 8.05. The van der Waals surface area contributed by atoms with Crippen LogP contribution in [0.25, 0.3) is 22.2 Å². The second-order valence-corrected chi connectivity index (χ2v) is 17.7. The first kappa shape index (κ1) is 30.3. The predicted octanol–water partition coefficient (Wildman–Crippen LogP) is 5.45. The zero-order valence-corrected chi connectivity index (χ0v) is 27.9. The standard InChI is InChI=1S/C34H40IN7O2/c1-22-31(27-8-5-6-9-29(27)42(22)4)32-28(35-17-18-35)21-36-34(40-32)39-26-16-15-25(20-26)38-33(44)23-11-13-24(14-12-23)37-30(43)10-7-19-41(2)3/h5-14,21,25-26H,15-20H2,1-4H3,(H,37,43)(H,38,44)(H,36,39,40)/b10-7+. The average molecular weight is 706 g/mol. The van der Waals surface area contributed by atoms with E-state index in [0.29, 0.717) is 23.7 Å². The molecule has 3 N–H and O–H groups in total. The normalized spacial score (nSPS) is 18.7. The van der Waals surface area contributed by atoms with Gasteiger partial charge in [0, 0.05) is 18.3 Å². The molecule has 44 heavy (non-hydrogen) atoms. The fourth-order valence-electron chi connectivity index (χ4n) is 5.82. The quantitative estimate of drug-likeness (QED) is 0.115. The molecule has 1 aliphatic heterocycles. The summed E-state index contributed by atoms with van der Waals surface area (Å²) in [6, 6.07) is 15.8. The number of likely N-dealkylation sites (N-methyl/N-ethyl adjacent to an activating group) is 1. The number of hydrogen-bond acceptors (Lipinski definition) is 6.